The minimum atomic E-state index is -5.07. The van der Waals surface area contributed by atoms with Crippen LogP contribution in [0.3, 0.4) is 0 Å². The molecule has 0 aliphatic rings. The first-order chi connectivity index (χ1) is 15.0. The largest absolute Gasteiger partial charge is 0.495 e. The van der Waals surface area contributed by atoms with Crippen molar-refractivity contribution in [1.29, 1.82) is 0 Å². The lowest BCUT2D eigenvalue weighted by atomic mass is 10.0. The maximum atomic E-state index is 13.1. The number of alkyl halides is 6. The van der Waals surface area contributed by atoms with Crippen molar-refractivity contribution in [1.82, 2.24) is 0 Å². The summed E-state index contributed by atoms with van der Waals surface area (Å²) in [6.45, 7) is 0. The number of methoxy groups -OCH3 is 1. The van der Waals surface area contributed by atoms with Gasteiger partial charge in [-0.25, -0.2) is 0 Å². The van der Waals surface area contributed by atoms with Crippen LogP contribution in [-0.4, -0.2) is 13.0 Å². The molecule has 0 radical (unpaired) electrons. The normalized spacial score (nSPS) is 12.3. The number of nitrogens with one attached hydrogen (secondary N) is 1. The van der Waals surface area contributed by atoms with Gasteiger partial charge in [-0.3, -0.25) is 4.79 Å². The molecule has 1 amide bonds. The summed E-state index contributed by atoms with van der Waals surface area (Å²) in [5, 5.41) is 3.74. The second kappa shape index (κ2) is 7.47. The molecule has 32 heavy (non-hydrogen) atoms. The van der Waals surface area contributed by atoms with Crippen LogP contribution in [0.15, 0.2) is 59.0 Å². The minimum absolute atomic E-state index is 0.0232. The number of ether oxygens (including phenoxy) is 1. The van der Waals surface area contributed by atoms with Gasteiger partial charge < -0.3 is 14.5 Å². The van der Waals surface area contributed by atoms with Crippen LogP contribution in [0.4, 0.5) is 32.0 Å². The molecule has 0 aliphatic heterocycles. The molecule has 4 nitrogen and oxygen atoms in total. The maximum absolute atomic E-state index is 13.1. The SMILES string of the molecule is COc1cc2c(cc1NC(=O)c1cc(C(F)(F)F)cc(C(F)(F)F)c1)oc1ccccc12. The molecule has 0 fully saturated rings. The average Bonchev–Trinajstić information content (AvgIpc) is 3.08. The number of hydrogen-bond donors (Lipinski definition) is 1. The van der Waals surface area contributed by atoms with E-state index in [1.165, 1.54) is 13.2 Å². The summed E-state index contributed by atoms with van der Waals surface area (Å²) in [5.74, 6) is -1.02. The molecule has 4 aromatic rings. The number of carbonyl (C=O) groups is 1. The Morgan fingerprint density at radius 3 is 2.06 bits per heavy atom. The zero-order valence-electron chi connectivity index (χ0n) is 16.2. The van der Waals surface area contributed by atoms with Gasteiger partial charge in [0.1, 0.15) is 16.9 Å². The fourth-order valence-corrected chi connectivity index (χ4v) is 3.30. The third-order valence-electron chi connectivity index (χ3n) is 4.80. The van der Waals surface area contributed by atoms with E-state index < -0.39 is 35.0 Å². The molecule has 0 saturated carbocycles. The topological polar surface area (TPSA) is 51.5 Å². The molecule has 166 valence electrons. The van der Waals surface area contributed by atoms with Crippen molar-refractivity contribution in [2.45, 2.75) is 12.4 Å². The Balaban J connectivity index is 1.77. The molecular weight excluding hydrogens is 440 g/mol. The number of halogens is 6. The zero-order chi connectivity index (χ0) is 23.3. The number of anilines is 1. The average molecular weight is 453 g/mol. The summed E-state index contributed by atoms with van der Waals surface area (Å²) >= 11 is 0. The molecule has 0 saturated heterocycles. The van der Waals surface area contributed by atoms with Crippen LogP contribution < -0.4 is 10.1 Å². The van der Waals surface area contributed by atoms with E-state index in [4.69, 9.17) is 9.15 Å². The van der Waals surface area contributed by atoms with Gasteiger partial charge in [0, 0.05) is 22.4 Å². The molecule has 0 spiro atoms. The van der Waals surface area contributed by atoms with Crippen LogP contribution in [0.2, 0.25) is 0 Å². The van der Waals surface area contributed by atoms with E-state index in [1.54, 1.807) is 30.3 Å². The van der Waals surface area contributed by atoms with Crippen LogP contribution in [-0.2, 0) is 12.4 Å². The fraction of sp³-hybridized carbons (Fsp3) is 0.136. The summed E-state index contributed by atoms with van der Waals surface area (Å²) in [6, 6.07) is 10.7. The Bertz CT molecular complexity index is 1310. The number of furan rings is 1. The Morgan fingerprint density at radius 2 is 1.47 bits per heavy atom. The van der Waals surface area contributed by atoms with Crippen molar-refractivity contribution in [3.05, 3.63) is 71.3 Å². The molecule has 1 aromatic heterocycles. The number of benzene rings is 3. The number of amides is 1. The lowest BCUT2D eigenvalue weighted by molar-refractivity contribution is -0.143. The standard InChI is InChI=1S/C22H13F6NO3/c1-31-19-9-15-14-4-2-3-5-17(14)32-18(15)10-16(19)29-20(30)11-6-12(21(23,24)25)8-13(7-11)22(26,27)28/h2-10H,1H3,(H,29,30). The zero-order valence-corrected chi connectivity index (χ0v) is 16.2. The highest BCUT2D eigenvalue weighted by molar-refractivity contribution is 6.10. The van der Waals surface area contributed by atoms with Crippen molar-refractivity contribution in [3.63, 3.8) is 0 Å². The van der Waals surface area contributed by atoms with Gasteiger partial charge in [0.25, 0.3) is 5.91 Å². The molecule has 0 unspecified atom stereocenters. The van der Waals surface area contributed by atoms with Gasteiger partial charge in [0.15, 0.2) is 0 Å². The smallest absolute Gasteiger partial charge is 0.416 e. The van der Waals surface area contributed by atoms with E-state index in [0.717, 1.165) is 5.39 Å². The highest BCUT2D eigenvalue weighted by Gasteiger charge is 2.37. The number of hydrogen-bond acceptors (Lipinski definition) is 3. The molecule has 4 rings (SSSR count). The molecule has 0 atom stereocenters. The van der Waals surface area contributed by atoms with Crippen molar-refractivity contribution in [3.8, 4) is 5.75 Å². The second-order valence-corrected chi connectivity index (χ2v) is 6.90. The number of carbonyl (C=O) groups excluding carboxylic acids is 1. The first kappa shape index (κ1) is 21.5. The molecular formula is C22H13F6NO3. The third-order valence-corrected chi connectivity index (χ3v) is 4.80. The maximum Gasteiger partial charge on any atom is 0.416 e. The van der Waals surface area contributed by atoms with Crippen molar-refractivity contribution in [2.75, 3.05) is 12.4 Å². The number of para-hydroxylation sites is 1. The van der Waals surface area contributed by atoms with E-state index >= 15 is 0 Å². The van der Waals surface area contributed by atoms with Crippen LogP contribution in [0.25, 0.3) is 21.9 Å². The van der Waals surface area contributed by atoms with Gasteiger partial charge >= 0.3 is 12.4 Å². The van der Waals surface area contributed by atoms with E-state index in [9.17, 15) is 31.1 Å². The monoisotopic (exact) mass is 453 g/mol. The third kappa shape index (κ3) is 3.95. The molecule has 0 aliphatic carbocycles. The van der Waals surface area contributed by atoms with Crippen molar-refractivity contribution >= 4 is 33.5 Å². The van der Waals surface area contributed by atoms with E-state index in [2.05, 4.69) is 5.32 Å². The van der Waals surface area contributed by atoms with Crippen LogP contribution >= 0.6 is 0 Å². The van der Waals surface area contributed by atoms with E-state index in [1.807, 2.05) is 0 Å². The summed E-state index contributed by atoms with van der Waals surface area (Å²) in [7, 11) is 1.31. The lowest BCUT2D eigenvalue weighted by Gasteiger charge is -2.15. The first-order valence-electron chi connectivity index (χ1n) is 9.07. The summed E-state index contributed by atoms with van der Waals surface area (Å²) < 4.78 is 89.5. The quantitative estimate of drug-likeness (QED) is 0.344. The van der Waals surface area contributed by atoms with Crippen LogP contribution in [0.1, 0.15) is 21.5 Å². The highest BCUT2D eigenvalue weighted by Crippen LogP contribution is 2.38. The van der Waals surface area contributed by atoms with Crippen LogP contribution in [0, 0.1) is 0 Å². The highest BCUT2D eigenvalue weighted by atomic mass is 19.4. The molecule has 1 N–H and O–H groups in total. The summed E-state index contributed by atoms with van der Waals surface area (Å²) in [6.07, 6.45) is -10.1. The van der Waals surface area contributed by atoms with Gasteiger partial charge in [-0.05, 0) is 30.3 Å². The second-order valence-electron chi connectivity index (χ2n) is 6.90. The molecule has 0 bridgehead atoms. The predicted octanol–water partition coefficient (Wildman–Crippen LogP) is 6.88. The lowest BCUT2D eigenvalue weighted by Crippen LogP contribution is -2.17. The first-order valence-corrected chi connectivity index (χ1v) is 9.07. The number of fused-ring (bicyclic) bond motifs is 3. The van der Waals surface area contributed by atoms with Gasteiger partial charge in [0.05, 0.1) is 23.9 Å². The van der Waals surface area contributed by atoms with Gasteiger partial charge in [0.2, 0.25) is 0 Å². The molecule has 10 heteroatoms. The predicted molar refractivity (Wildman–Crippen MR) is 105 cm³/mol. The van der Waals surface area contributed by atoms with Crippen LogP contribution in [0.5, 0.6) is 5.75 Å². The van der Waals surface area contributed by atoms with Crippen molar-refractivity contribution in [2.24, 2.45) is 0 Å². The summed E-state index contributed by atoms with van der Waals surface area (Å²) in [4.78, 5) is 12.6. The van der Waals surface area contributed by atoms with Gasteiger partial charge in [-0.15, -0.1) is 0 Å². The van der Waals surface area contributed by atoms with Crippen molar-refractivity contribution < 1.29 is 40.3 Å². The fourth-order valence-electron chi connectivity index (χ4n) is 3.30. The minimum Gasteiger partial charge on any atom is -0.495 e. The molecule has 1 heterocycles. The van der Waals surface area contributed by atoms with E-state index in [-0.39, 0.29) is 17.5 Å². The van der Waals surface area contributed by atoms with Gasteiger partial charge in [-0.2, -0.15) is 26.3 Å². The number of rotatable bonds is 3. The molecule has 3 aromatic carbocycles. The Morgan fingerprint density at radius 1 is 0.844 bits per heavy atom. The summed E-state index contributed by atoms with van der Waals surface area (Å²) in [5.41, 5.74) is -3.05. The Hall–Kier alpha value is -3.69. The van der Waals surface area contributed by atoms with Gasteiger partial charge in [-0.1, -0.05) is 18.2 Å². The Kier molecular flexibility index (Phi) is 5.03. The Labute approximate surface area is 176 Å². The van der Waals surface area contributed by atoms with E-state index in [0.29, 0.717) is 28.7 Å².